The van der Waals surface area contributed by atoms with Crippen molar-refractivity contribution < 1.29 is 4.79 Å². The quantitative estimate of drug-likeness (QED) is 0.781. The lowest BCUT2D eigenvalue weighted by Gasteiger charge is -2.43. The summed E-state index contributed by atoms with van der Waals surface area (Å²) in [6.07, 6.45) is 6.18. The van der Waals surface area contributed by atoms with Crippen LogP contribution in [0.25, 0.3) is 0 Å². The highest BCUT2D eigenvalue weighted by atomic mass is 16.2. The number of likely N-dealkylation sites (tertiary alicyclic amines) is 1. The largest absolute Gasteiger partial charge is 0.364 e. The number of aryl methyl sites for hydroxylation is 1. The Morgan fingerprint density at radius 2 is 1.81 bits per heavy atom. The van der Waals surface area contributed by atoms with Crippen molar-refractivity contribution in [1.82, 2.24) is 4.90 Å². The van der Waals surface area contributed by atoms with Gasteiger partial charge in [0.25, 0.3) is 0 Å². The molecule has 3 nitrogen and oxygen atoms in total. The fraction of sp³-hybridized carbons (Fsp3) is 0.458. The molecule has 140 valence electrons. The molecule has 27 heavy (non-hydrogen) atoms. The van der Waals surface area contributed by atoms with Gasteiger partial charge in [-0.25, -0.2) is 0 Å². The lowest BCUT2D eigenvalue weighted by atomic mass is 9.86. The minimum absolute atomic E-state index is 0.226. The Balaban J connectivity index is 1.55. The van der Waals surface area contributed by atoms with Crippen molar-refractivity contribution in [3.63, 3.8) is 0 Å². The van der Waals surface area contributed by atoms with Crippen molar-refractivity contribution in [3.05, 3.63) is 64.7 Å². The van der Waals surface area contributed by atoms with Gasteiger partial charge in [0.05, 0.1) is 12.1 Å². The van der Waals surface area contributed by atoms with E-state index >= 15 is 0 Å². The van der Waals surface area contributed by atoms with Gasteiger partial charge in [0.2, 0.25) is 5.91 Å². The molecule has 2 atom stereocenters. The van der Waals surface area contributed by atoms with Crippen LogP contribution >= 0.6 is 0 Å². The standard InChI is InChI=1S/C24H28N2O/c1-2-5-17-9-11-18(12-10-17)21-16-22(25-14-4-8-23(25)27)20-7-3-6-19-13-15-26(21)24(19)20/h3,6-7,9-12,21-22H,2,4-5,8,13-16H2,1H3. The Labute approximate surface area is 162 Å². The zero-order valence-electron chi connectivity index (χ0n) is 16.2. The Morgan fingerprint density at radius 1 is 0.963 bits per heavy atom. The summed E-state index contributed by atoms with van der Waals surface area (Å²) in [5.74, 6) is 0.334. The van der Waals surface area contributed by atoms with E-state index in [2.05, 4.69) is 59.2 Å². The van der Waals surface area contributed by atoms with Crippen LogP contribution in [-0.2, 0) is 17.6 Å². The van der Waals surface area contributed by atoms with Gasteiger partial charge in [-0.1, -0.05) is 55.8 Å². The molecule has 0 aromatic heterocycles. The first kappa shape index (κ1) is 16.9. The molecule has 3 aliphatic rings. The molecule has 0 aliphatic carbocycles. The van der Waals surface area contributed by atoms with Gasteiger partial charge in [0.1, 0.15) is 0 Å². The van der Waals surface area contributed by atoms with Gasteiger partial charge in [0.15, 0.2) is 0 Å². The van der Waals surface area contributed by atoms with Gasteiger partial charge >= 0.3 is 0 Å². The van der Waals surface area contributed by atoms with Crippen molar-refractivity contribution in [2.24, 2.45) is 0 Å². The summed E-state index contributed by atoms with van der Waals surface area (Å²) in [5, 5.41) is 0. The molecule has 1 fully saturated rings. The van der Waals surface area contributed by atoms with Crippen molar-refractivity contribution in [1.29, 1.82) is 0 Å². The summed E-state index contributed by atoms with van der Waals surface area (Å²) >= 11 is 0. The van der Waals surface area contributed by atoms with Crippen LogP contribution in [0.1, 0.15) is 66.9 Å². The Hall–Kier alpha value is -2.29. The number of amides is 1. The Morgan fingerprint density at radius 3 is 2.56 bits per heavy atom. The van der Waals surface area contributed by atoms with E-state index in [0.717, 1.165) is 38.8 Å². The molecule has 3 heterocycles. The number of para-hydroxylation sites is 1. The summed E-state index contributed by atoms with van der Waals surface area (Å²) in [5.41, 5.74) is 7.06. The number of nitrogens with zero attached hydrogens (tertiary/aromatic N) is 2. The van der Waals surface area contributed by atoms with E-state index in [1.54, 1.807) is 0 Å². The molecule has 1 saturated heterocycles. The van der Waals surface area contributed by atoms with E-state index in [1.165, 1.54) is 34.4 Å². The number of anilines is 1. The maximum atomic E-state index is 12.5. The highest BCUT2D eigenvalue weighted by molar-refractivity contribution is 5.80. The minimum Gasteiger partial charge on any atom is -0.364 e. The van der Waals surface area contributed by atoms with Gasteiger partial charge in [-0.05, 0) is 47.9 Å². The molecule has 2 aromatic rings. The van der Waals surface area contributed by atoms with Gasteiger partial charge in [-0.3, -0.25) is 4.79 Å². The number of benzene rings is 2. The van der Waals surface area contributed by atoms with Crippen molar-refractivity contribution in [2.75, 3.05) is 18.0 Å². The molecular weight excluding hydrogens is 332 g/mol. The van der Waals surface area contributed by atoms with E-state index in [0.29, 0.717) is 18.4 Å². The average molecular weight is 361 g/mol. The second-order valence-electron chi connectivity index (χ2n) is 8.25. The van der Waals surface area contributed by atoms with Gasteiger partial charge < -0.3 is 9.80 Å². The number of hydrogen-bond acceptors (Lipinski definition) is 2. The zero-order valence-corrected chi connectivity index (χ0v) is 16.2. The highest BCUT2D eigenvalue weighted by Gasteiger charge is 2.41. The third kappa shape index (κ3) is 2.75. The van der Waals surface area contributed by atoms with Gasteiger partial charge in [0, 0.05) is 25.2 Å². The molecule has 0 N–H and O–H groups in total. The van der Waals surface area contributed by atoms with Gasteiger partial charge in [-0.15, -0.1) is 0 Å². The first-order valence-electron chi connectivity index (χ1n) is 10.5. The SMILES string of the molecule is CCCc1ccc(C2CC(N3CCCC3=O)c3cccc4c3N2CC4)cc1. The number of hydrogen-bond donors (Lipinski definition) is 0. The second-order valence-corrected chi connectivity index (χ2v) is 8.25. The number of rotatable bonds is 4. The Bertz CT molecular complexity index is 857. The van der Waals surface area contributed by atoms with Crippen LogP contribution < -0.4 is 4.90 Å². The summed E-state index contributed by atoms with van der Waals surface area (Å²) in [7, 11) is 0. The van der Waals surface area contributed by atoms with Crippen LogP contribution in [0.4, 0.5) is 5.69 Å². The highest BCUT2D eigenvalue weighted by Crippen LogP contribution is 2.50. The molecule has 2 unspecified atom stereocenters. The molecule has 0 bridgehead atoms. The molecule has 0 saturated carbocycles. The predicted molar refractivity (Wildman–Crippen MR) is 109 cm³/mol. The van der Waals surface area contributed by atoms with E-state index in [9.17, 15) is 4.79 Å². The maximum absolute atomic E-state index is 12.5. The molecule has 3 heteroatoms. The van der Waals surface area contributed by atoms with E-state index in [4.69, 9.17) is 0 Å². The smallest absolute Gasteiger partial charge is 0.223 e. The predicted octanol–water partition coefficient (Wildman–Crippen LogP) is 4.81. The van der Waals surface area contributed by atoms with Crippen LogP contribution in [-0.4, -0.2) is 23.9 Å². The summed E-state index contributed by atoms with van der Waals surface area (Å²) in [4.78, 5) is 17.3. The summed E-state index contributed by atoms with van der Waals surface area (Å²) in [6.45, 7) is 4.24. The fourth-order valence-corrected chi connectivity index (χ4v) is 5.37. The molecule has 3 aliphatic heterocycles. The van der Waals surface area contributed by atoms with Crippen LogP contribution in [0.5, 0.6) is 0 Å². The minimum atomic E-state index is 0.226. The topological polar surface area (TPSA) is 23.6 Å². The number of carbonyl (C=O) groups excluding carboxylic acids is 1. The number of carbonyl (C=O) groups is 1. The lowest BCUT2D eigenvalue weighted by molar-refractivity contribution is -0.130. The van der Waals surface area contributed by atoms with Crippen molar-refractivity contribution in [2.45, 2.75) is 57.5 Å². The lowest BCUT2D eigenvalue weighted by Crippen LogP contribution is -2.39. The Kier molecular flexibility index (Phi) is 4.18. The zero-order chi connectivity index (χ0) is 18.4. The van der Waals surface area contributed by atoms with Crippen LogP contribution in [0.3, 0.4) is 0 Å². The fourth-order valence-electron chi connectivity index (χ4n) is 5.37. The molecule has 0 spiro atoms. The van der Waals surface area contributed by atoms with Crippen LogP contribution in [0, 0.1) is 0 Å². The van der Waals surface area contributed by atoms with Crippen LogP contribution in [0.15, 0.2) is 42.5 Å². The molecule has 1 amide bonds. The van der Waals surface area contributed by atoms with E-state index in [-0.39, 0.29) is 6.04 Å². The third-order valence-corrected chi connectivity index (χ3v) is 6.63. The van der Waals surface area contributed by atoms with Crippen LogP contribution in [0.2, 0.25) is 0 Å². The third-order valence-electron chi connectivity index (χ3n) is 6.63. The molecule has 5 rings (SSSR count). The molecule has 2 aromatic carbocycles. The monoisotopic (exact) mass is 360 g/mol. The molecular formula is C24H28N2O. The summed E-state index contributed by atoms with van der Waals surface area (Å²) in [6, 6.07) is 16.6. The average Bonchev–Trinajstić information content (AvgIpc) is 3.31. The van der Waals surface area contributed by atoms with Crippen molar-refractivity contribution in [3.8, 4) is 0 Å². The normalized spacial score (nSPS) is 23.8. The van der Waals surface area contributed by atoms with Crippen molar-refractivity contribution >= 4 is 11.6 Å². The first-order valence-corrected chi connectivity index (χ1v) is 10.5. The second kappa shape index (κ2) is 6.70. The van der Waals surface area contributed by atoms with E-state index in [1.807, 2.05) is 0 Å². The maximum Gasteiger partial charge on any atom is 0.223 e. The molecule has 0 radical (unpaired) electrons. The van der Waals surface area contributed by atoms with Gasteiger partial charge in [-0.2, -0.15) is 0 Å². The summed E-state index contributed by atoms with van der Waals surface area (Å²) < 4.78 is 0. The van der Waals surface area contributed by atoms with E-state index < -0.39 is 0 Å². The first-order chi connectivity index (χ1) is 13.3.